The van der Waals surface area contributed by atoms with Crippen LogP contribution in [0.2, 0.25) is 0 Å². The van der Waals surface area contributed by atoms with E-state index >= 15 is 0 Å². The summed E-state index contributed by atoms with van der Waals surface area (Å²) in [5, 5.41) is 27.4. The summed E-state index contributed by atoms with van der Waals surface area (Å²) in [6.45, 7) is 5.60. The van der Waals surface area contributed by atoms with E-state index in [1.165, 1.54) is 18.9 Å². The fourth-order valence-electron chi connectivity index (χ4n) is 5.83. The Morgan fingerprint density at radius 2 is 1.36 bits per heavy atom. The van der Waals surface area contributed by atoms with Crippen molar-refractivity contribution in [3.63, 3.8) is 0 Å². The molecule has 0 radical (unpaired) electrons. The van der Waals surface area contributed by atoms with Gasteiger partial charge in [0.1, 0.15) is 53.1 Å². The number of pyridine rings is 2. The van der Waals surface area contributed by atoms with Gasteiger partial charge in [0.25, 0.3) is 24.0 Å². The highest BCUT2D eigenvalue weighted by Crippen LogP contribution is 2.24. The summed E-state index contributed by atoms with van der Waals surface area (Å²) >= 11 is 0. The van der Waals surface area contributed by atoms with Crippen LogP contribution in [0.4, 0.5) is 11.6 Å². The van der Waals surface area contributed by atoms with Crippen LogP contribution in [0.15, 0.2) is 61.4 Å². The second kappa shape index (κ2) is 17.1. The number of ether oxygens (including phenoxy) is 4. The number of hydrogen-bond donors (Lipinski definition) is 2. The van der Waals surface area contributed by atoms with E-state index in [1.54, 1.807) is 79.7 Å². The van der Waals surface area contributed by atoms with E-state index in [-0.39, 0.29) is 35.0 Å². The van der Waals surface area contributed by atoms with Crippen LogP contribution < -0.4 is 24.8 Å². The van der Waals surface area contributed by atoms with Crippen molar-refractivity contribution in [2.75, 3.05) is 52.3 Å². The zero-order chi connectivity index (χ0) is 39.1. The maximum absolute atomic E-state index is 13.5. The molecule has 0 saturated heterocycles. The van der Waals surface area contributed by atoms with Gasteiger partial charge in [-0.1, -0.05) is 12.1 Å². The molecule has 55 heavy (non-hydrogen) atoms. The van der Waals surface area contributed by atoms with Crippen LogP contribution in [-0.4, -0.2) is 107 Å². The predicted octanol–water partition coefficient (Wildman–Crippen LogP) is 2.45. The van der Waals surface area contributed by atoms with E-state index in [4.69, 9.17) is 29.0 Å². The monoisotopic (exact) mass is 755 g/mol. The molecule has 6 aromatic rings. The van der Waals surface area contributed by atoms with Crippen molar-refractivity contribution in [1.29, 1.82) is 0 Å². The van der Waals surface area contributed by atoms with Crippen molar-refractivity contribution in [2.24, 2.45) is 7.05 Å². The lowest BCUT2D eigenvalue weighted by atomic mass is 10.3. The fraction of sp³-hybridized carbons (Fsp3) is 0.371. The Hall–Kier alpha value is -6.54. The molecule has 2 atom stereocenters. The first-order chi connectivity index (χ1) is 26.6. The molecule has 0 fully saturated rings. The van der Waals surface area contributed by atoms with Crippen molar-refractivity contribution < 1.29 is 33.2 Å². The molecule has 0 aromatic carbocycles. The number of aryl methyl sites for hydroxylation is 3. The molecule has 6 heterocycles. The minimum atomic E-state index is -0.449. The van der Waals surface area contributed by atoms with Crippen molar-refractivity contribution >= 4 is 23.5 Å². The normalized spacial score (nSPS) is 12.3. The molecule has 20 heteroatoms. The van der Waals surface area contributed by atoms with Gasteiger partial charge in [-0.25, -0.2) is 14.5 Å². The van der Waals surface area contributed by atoms with Gasteiger partial charge >= 0.3 is 0 Å². The molecule has 0 spiro atoms. The van der Waals surface area contributed by atoms with Gasteiger partial charge in [0.2, 0.25) is 11.8 Å². The number of nitrogens with one attached hydrogen (secondary N) is 2. The number of carbonyl (C=O) groups is 2. The van der Waals surface area contributed by atoms with Crippen LogP contribution in [0.1, 0.15) is 46.6 Å². The second-order valence-corrected chi connectivity index (χ2v) is 12.5. The smallest absolute Gasteiger partial charge is 0.286 e. The number of carbonyl (C=O) groups excluding carboxylic acids is 2. The maximum atomic E-state index is 13.5. The summed E-state index contributed by atoms with van der Waals surface area (Å²) < 4.78 is 30.1. The Bertz CT molecular complexity index is 2260. The van der Waals surface area contributed by atoms with Gasteiger partial charge in [-0.2, -0.15) is 0 Å². The van der Waals surface area contributed by atoms with Gasteiger partial charge in [0, 0.05) is 33.7 Å². The van der Waals surface area contributed by atoms with Crippen LogP contribution in [-0.2, 0) is 29.6 Å². The summed E-state index contributed by atoms with van der Waals surface area (Å²) in [6, 6.07) is 10.4. The van der Waals surface area contributed by atoms with Crippen LogP contribution >= 0.6 is 0 Å². The molecule has 288 valence electrons. The highest BCUT2D eigenvalue weighted by molar-refractivity contribution is 6.06. The van der Waals surface area contributed by atoms with Gasteiger partial charge in [-0.05, 0) is 43.2 Å². The topological polar surface area (TPSA) is 209 Å². The van der Waals surface area contributed by atoms with Crippen molar-refractivity contribution in [2.45, 2.75) is 39.0 Å². The lowest BCUT2D eigenvalue weighted by Crippen LogP contribution is -2.37. The first-order valence-corrected chi connectivity index (χ1v) is 17.2. The van der Waals surface area contributed by atoms with E-state index in [1.807, 2.05) is 35.4 Å². The van der Waals surface area contributed by atoms with E-state index in [0.29, 0.717) is 61.0 Å². The molecule has 0 bridgehead atoms. The van der Waals surface area contributed by atoms with E-state index in [2.05, 4.69) is 36.0 Å². The quantitative estimate of drug-likeness (QED) is 0.128. The van der Waals surface area contributed by atoms with Crippen LogP contribution in [0, 0.1) is 0 Å². The molecule has 0 aliphatic carbocycles. The van der Waals surface area contributed by atoms with Gasteiger partial charge in [0.05, 0.1) is 40.0 Å². The lowest BCUT2D eigenvalue weighted by Gasteiger charge is -2.14. The summed E-state index contributed by atoms with van der Waals surface area (Å²) in [7, 11) is 7.87. The Kier molecular flexibility index (Phi) is 11.9. The standard InChI is InChI=1S/C35H42N14O6/c1-22(18-52-4)48-20-36-41-30(48)26-10-8-12-28(37-26)40-33(51)25-17-46(44-35(25)55-7)14-15-47-21-49(23(2)19-53-5)31(42-47)27-11-9-13-29(38-27)39-32(50)24-16-45(3)43-34(24)54-6/h8-13,16-17,20-23H,14-15,18-19H2,1-7H3,(H-,37,38,39,40,50,51)/p+1/t22-,23?/m0/s1. The zero-order valence-electron chi connectivity index (χ0n) is 31.6. The number of nitrogens with zero attached hydrogens (tertiary/aromatic N) is 12. The molecule has 1 unspecified atom stereocenters. The summed E-state index contributed by atoms with van der Waals surface area (Å²) in [5.74, 6) is 1.23. The zero-order valence-corrected chi connectivity index (χ0v) is 31.6. The van der Waals surface area contributed by atoms with Gasteiger partial charge in [-0.15, -0.1) is 25.1 Å². The molecular formula is C35H43N14O6+. The third kappa shape index (κ3) is 8.65. The highest BCUT2D eigenvalue weighted by atomic mass is 16.5. The van der Waals surface area contributed by atoms with Gasteiger partial charge < -0.3 is 34.1 Å². The number of hydrogen-bond acceptors (Lipinski definition) is 13. The molecule has 6 rings (SSSR count). The molecule has 2 amide bonds. The van der Waals surface area contributed by atoms with Crippen molar-refractivity contribution in [3.05, 3.63) is 72.6 Å². The van der Waals surface area contributed by atoms with Crippen LogP contribution in [0.25, 0.3) is 23.0 Å². The third-order valence-electron chi connectivity index (χ3n) is 8.46. The summed E-state index contributed by atoms with van der Waals surface area (Å²) in [4.78, 5) is 35.8. The summed E-state index contributed by atoms with van der Waals surface area (Å²) in [5.41, 5.74) is 1.56. The Balaban J connectivity index is 1.17. The molecule has 0 aliphatic heterocycles. The minimum absolute atomic E-state index is 0.0247. The van der Waals surface area contributed by atoms with Crippen molar-refractivity contribution in [3.8, 4) is 34.8 Å². The number of aromatic nitrogens is 12. The predicted molar refractivity (Wildman–Crippen MR) is 197 cm³/mol. The maximum Gasteiger partial charge on any atom is 0.286 e. The highest BCUT2D eigenvalue weighted by Gasteiger charge is 2.26. The molecule has 2 N–H and O–H groups in total. The van der Waals surface area contributed by atoms with Crippen molar-refractivity contribution in [1.82, 2.24) is 54.0 Å². The minimum Gasteiger partial charge on any atom is -0.479 e. The molecule has 0 saturated carbocycles. The fourth-order valence-corrected chi connectivity index (χ4v) is 5.83. The van der Waals surface area contributed by atoms with Crippen LogP contribution in [0.3, 0.4) is 0 Å². The van der Waals surface area contributed by atoms with Gasteiger partial charge in [-0.3, -0.25) is 19.0 Å². The Labute approximate surface area is 316 Å². The number of methoxy groups -OCH3 is 4. The average Bonchev–Trinajstić information content (AvgIpc) is 4.00. The van der Waals surface area contributed by atoms with Crippen LogP contribution in [0.5, 0.6) is 11.8 Å². The average molecular weight is 756 g/mol. The lowest BCUT2D eigenvalue weighted by molar-refractivity contribution is -0.752. The first-order valence-electron chi connectivity index (χ1n) is 17.2. The molecule has 6 aromatic heterocycles. The Morgan fingerprint density at radius 3 is 1.98 bits per heavy atom. The second-order valence-electron chi connectivity index (χ2n) is 12.5. The number of amides is 2. The number of rotatable bonds is 17. The van der Waals surface area contributed by atoms with E-state index in [0.717, 1.165) is 0 Å². The van der Waals surface area contributed by atoms with E-state index in [9.17, 15) is 9.59 Å². The molecule has 20 nitrogen and oxygen atoms in total. The third-order valence-corrected chi connectivity index (χ3v) is 8.46. The summed E-state index contributed by atoms with van der Waals surface area (Å²) in [6.07, 6.45) is 6.66. The Morgan fingerprint density at radius 1 is 0.782 bits per heavy atom. The molecule has 0 aliphatic rings. The largest absolute Gasteiger partial charge is 0.479 e. The van der Waals surface area contributed by atoms with Gasteiger partial charge in [0.15, 0.2) is 5.82 Å². The van der Waals surface area contributed by atoms with E-state index < -0.39 is 11.8 Å². The molecular weight excluding hydrogens is 712 g/mol. The number of anilines is 2. The first kappa shape index (κ1) is 38.2. The SMILES string of the molecule is COCC(C)n1c[n+](CCn2cc(C(=O)Nc3cccc(-c4nncn4[C@@H](C)COC)n3)c(OC)n2)nc1-c1cccc(NC(=O)c2cn(C)nc2OC)n1.